The predicted octanol–water partition coefficient (Wildman–Crippen LogP) is 2.26. The average Bonchev–Trinajstić information content (AvgIpc) is 2.66. The van der Waals surface area contributed by atoms with Gasteiger partial charge in [0.25, 0.3) is 0 Å². The molecule has 26 heavy (non-hydrogen) atoms. The maximum atomic E-state index is 12.6. The van der Waals surface area contributed by atoms with Gasteiger partial charge in [-0.25, -0.2) is 9.97 Å². The number of para-hydroxylation sites is 1. The lowest BCUT2D eigenvalue weighted by molar-refractivity contribution is -0.141. The van der Waals surface area contributed by atoms with Crippen LogP contribution in [0.1, 0.15) is 5.69 Å². The Kier molecular flexibility index (Phi) is 5.24. The van der Waals surface area contributed by atoms with Gasteiger partial charge in [0.1, 0.15) is 5.69 Å². The van der Waals surface area contributed by atoms with Crippen LogP contribution in [0.3, 0.4) is 0 Å². The van der Waals surface area contributed by atoms with Crippen molar-refractivity contribution < 1.29 is 18.0 Å². The summed E-state index contributed by atoms with van der Waals surface area (Å²) in [6.45, 7) is 2.37. The molecule has 2 heterocycles. The van der Waals surface area contributed by atoms with E-state index in [2.05, 4.69) is 20.2 Å². The van der Waals surface area contributed by atoms with Crippen LogP contribution in [0.15, 0.2) is 42.6 Å². The summed E-state index contributed by atoms with van der Waals surface area (Å²) in [5, 5.41) is 2.57. The molecule has 1 fully saturated rings. The highest BCUT2D eigenvalue weighted by molar-refractivity contribution is 5.80. The van der Waals surface area contributed by atoms with E-state index in [4.69, 9.17) is 0 Å². The molecular formula is C17H18F3N5O. The van der Waals surface area contributed by atoms with Crippen LogP contribution in [0, 0.1) is 0 Å². The summed E-state index contributed by atoms with van der Waals surface area (Å²) >= 11 is 0. The van der Waals surface area contributed by atoms with Crippen LogP contribution in [-0.2, 0) is 11.0 Å². The predicted molar refractivity (Wildman–Crippen MR) is 90.8 cm³/mol. The highest BCUT2D eigenvalue weighted by Crippen LogP contribution is 2.27. The molecule has 0 aliphatic carbocycles. The maximum absolute atomic E-state index is 12.6. The van der Waals surface area contributed by atoms with Crippen LogP contribution in [0.25, 0.3) is 0 Å². The molecule has 0 bridgehead atoms. The molecule has 0 atom stereocenters. The molecule has 1 aliphatic heterocycles. The Hall–Kier alpha value is -2.84. The Morgan fingerprint density at radius 3 is 2.42 bits per heavy atom. The number of carbonyl (C=O) groups excluding carboxylic acids is 1. The second kappa shape index (κ2) is 7.59. The van der Waals surface area contributed by atoms with Crippen molar-refractivity contribution in [3.63, 3.8) is 0 Å². The molecule has 3 rings (SSSR count). The fraction of sp³-hybridized carbons (Fsp3) is 0.353. The van der Waals surface area contributed by atoms with E-state index in [1.165, 1.54) is 0 Å². The van der Waals surface area contributed by atoms with E-state index in [1.807, 2.05) is 30.3 Å². The van der Waals surface area contributed by atoms with Crippen LogP contribution in [0.5, 0.6) is 0 Å². The van der Waals surface area contributed by atoms with Gasteiger partial charge in [-0.2, -0.15) is 13.2 Å². The minimum absolute atomic E-state index is 0.146. The van der Waals surface area contributed by atoms with Crippen molar-refractivity contribution in [3.8, 4) is 0 Å². The zero-order valence-electron chi connectivity index (χ0n) is 13.9. The van der Waals surface area contributed by atoms with Crippen LogP contribution >= 0.6 is 0 Å². The molecule has 1 amide bonds. The number of hydrogen-bond acceptors (Lipinski definition) is 5. The van der Waals surface area contributed by atoms with Crippen molar-refractivity contribution in [3.05, 3.63) is 48.3 Å². The number of rotatable bonds is 4. The number of piperazine rings is 1. The number of benzene rings is 1. The third kappa shape index (κ3) is 4.41. The van der Waals surface area contributed by atoms with Crippen molar-refractivity contribution in [1.82, 2.24) is 14.9 Å². The van der Waals surface area contributed by atoms with Gasteiger partial charge in [-0.05, 0) is 18.2 Å². The van der Waals surface area contributed by atoms with Crippen molar-refractivity contribution >= 4 is 17.5 Å². The number of carbonyl (C=O) groups is 1. The molecule has 1 saturated heterocycles. The Bertz CT molecular complexity index is 746. The number of amides is 1. The molecule has 0 spiro atoms. The molecule has 1 aliphatic rings. The number of aromatic nitrogens is 2. The van der Waals surface area contributed by atoms with Crippen molar-refractivity contribution in [2.75, 3.05) is 42.9 Å². The Morgan fingerprint density at radius 1 is 1.08 bits per heavy atom. The van der Waals surface area contributed by atoms with Gasteiger partial charge >= 0.3 is 6.18 Å². The zero-order chi connectivity index (χ0) is 18.6. The number of anilines is 2. The van der Waals surface area contributed by atoms with Gasteiger partial charge in [-0.15, -0.1) is 0 Å². The highest BCUT2D eigenvalue weighted by atomic mass is 19.4. The van der Waals surface area contributed by atoms with Gasteiger partial charge in [0.05, 0.1) is 6.54 Å². The fourth-order valence-electron chi connectivity index (χ4n) is 2.72. The quantitative estimate of drug-likeness (QED) is 0.901. The molecule has 1 aromatic carbocycles. The summed E-state index contributed by atoms with van der Waals surface area (Å²) in [6, 6.07) is 10.7. The van der Waals surface area contributed by atoms with Crippen molar-refractivity contribution in [2.45, 2.75) is 6.18 Å². The van der Waals surface area contributed by atoms with Gasteiger partial charge in [-0.3, -0.25) is 4.79 Å². The van der Waals surface area contributed by atoms with Crippen molar-refractivity contribution in [1.29, 1.82) is 0 Å². The van der Waals surface area contributed by atoms with E-state index in [1.54, 1.807) is 4.90 Å². The summed E-state index contributed by atoms with van der Waals surface area (Å²) in [6.07, 6.45) is -3.53. The fourth-order valence-corrected chi connectivity index (χ4v) is 2.72. The number of halogens is 3. The Labute approximate surface area is 148 Å². The molecule has 2 aromatic rings. The van der Waals surface area contributed by atoms with E-state index < -0.39 is 11.9 Å². The maximum Gasteiger partial charge on any atom is 0.433 e. The van der Waals surface area contributed by atoms with Crippen LogP contribution in [0.2, 0.25) is 0 Å². The third-order valence-corrected chi connectivity index (χ3v) is 4.10. The average molecular weight is 365 g/mol. The second-order valence-corrected chi connectivity index (χ2v) is 5.82. The van der Waals surface area contributed by atoms with Gasteiger partial charge in [0.2, 0.25) is 11.9 Å². The van der Waals surface area contributed by atoms with Crippen molar-refractivity contribution in [2.24, 2.45) is 0 Å². The van der Waals surface area contributed by atoms with E-state index in [-0.39, 0.29) is 18.4 Å². The summed E-state index contributed by atoms with van der Waals surface area (Å²) in [4.78, 5) is 23.2. The molecular weight excluding hydrogens is 347 g/mol. The SMILES string of the molecule is O=C(CNc1nccc(C(F)(F)F)n1)N1CCN(c2ccccc2)CC1. The smallest absolute Gasteiger partial charge is 0.368 e. The third-order valence-electron chi connectivity index (χ3n) is 4.10. The minimum atomic E-state index is -4.54. The second-order valence-electron chi connectivity index (χ2n) is 5.82. The normalized spacial score (nSPS) is 15.0. The van der Waals surface area contributed by atoms with Gasteiger partial charge in [-0.1, -0.05) is 18.2 Å². The number of alkyl halides is 3. The van der Waals surface area contributed by atoms with Crippen LogP contribution in [-0.4, -0.2) is 53.5 Å². The molecule has 9 heteroatoms. The largest absolute Gasteiger partial charge is 0.433 e. The van der Waals surface area contributed by atoms with E-state index in [0.29, 0.717) is 26.2 Å². The molecule has 1 aromatic heterocycles. The van der Waals surface area contributed by atoms with Crippen LogP contribution < -0.4 is 10.2 Å². The van der Waals surface area contributed by atoms with Gasteiger partial charge in [0.15, 0.2) is 0 Å². The Morgan fingerprint density at radius 2 is 1.77 bits per heavy atom. The monoisotopic (exact) mass is 365 g/mol. The van der Waals surface area contributed by atoms with E-state index >= 15 is 0 Å². The molecule has 138 valence electrons. The lowest BCUT2D eigenvalue weighted by Crippen LogP contribution is -2.50. The first-order valence-electron chi connectivity index (χ1n) is 8.15. The van der Waals surface area contributed by atoms with Crippen LogP contribution in [0.4, 0.5) is 24.8 Å². The molecule has 6 nitrogen and oxygen atoms in total. The summed E-state index contributed by atoms with van der Waals surface area (Å²) in [5.74, 6) is -0.408. The van der Waals surface area contributed by atoms with Gasteiger partial charge in [0, 0.05) is 38.1 Å². The van der Waals surface area contributed by atoms with E-state index in [9.17, 15) is 18.0 Å². The number of hydrogen-bond donors (Lipinski definition) is 1. The standard InChI is InChI=1S/C17H18F3N5O/c18-17(19,20)14-6-7-21-16(23-14)22-12-15(26)25-10-8-24(9-11-25)13-4-2-1-3-5-13/h1-7H,8-12H2,(H,21,22,23). The zero-order valence-corrected chi connectivity index (χ0v) is 13.9. The van der Waals surface area contributed by atoms with E-state index in [0.717, 1.165) is 18.0 Å². The first-order chi connectivity index (χ1) is 12.4. The number of nitrogens with one attached hydrogen (secondary N) is 1. The topological polar surface area (TPSA) is 61.4 Å². The Balaban J connectivity index is 1.51. The number of nitrogens with zero attached hydrogens (tertiary/aromatic N) is 4. The molecule has 0 unspecified atom stereocenters. The van der Waals surface area contributed by atoms with Gasteiger partial charge < -0.3 is 15.1 Å². The minimum Gasteiger partial charge on any atom is -0.368 e. The highest BCUT2D eigenvalue weighted by Gasteiger charge is 2.32. The molecule has 0 saturated carbocycles. The first kappa shape index (κ1) is 18.0. The summed E-state index contributed by atoms with van der Waals surface area (Å²) in [5.41, 5.74) is 0.0639. The lowest BCUT2D eigenvalue weighted by atomic mass is 10.2. The summed E-state index contributed by atoms with van der Waals surface area (Å²) in [7, 11) is 0. The summed E-state index contributed by atoms with van der Waals surface area (Å²) < 4.78 is 37.9. The first-order valence-corrected chi connectivity index (χ1v) is 8.15. The lowest BCUT2D eigenvalue weighted by Gasteiger charge is -2.36. The molecule has 1 N–H and O–H groups in total. The molecule has 0 radical (unpaired) electrons.